The molecule has 23 heavy (non-hydrogen) atoms. The van der Waals surface area contributed by atoms with Gasteiger partial charge in [-0.1, -0.05) is 24.3 Å². The van der Waals surface area contributed by atoms with Crippen LogP contribution in [0.4, 0.5) is 5.69 Å². The van der Waals surface area contributed by atoms with E-state index in [0.29, 0.717) is 24.5 Å². The number of anilines is 1. The number of nitrogens with zero attached hydrogens (tertiary/aromatic N) is 1. The van der Waals surface area contributed by atoms with Gasteiger partial charge in [0.2, 0.25) is 5.91 Å². The SMILES string of the molecule is Cc1ccc2c(c1)N(C(=O)CNC(=O)c1ccccc1)CCO2. The lowest BCUT2D eigenvalue weighted by atomic mass is 10.1. The summed E-state index contributed by atoms with van der Waals surface area (Å²) in [7, 11) is 0. The molecule has 2 amide bonds. The highest BCUT2D eigenvalue weighted by molar-refractivity contribution is 6.01. The molecule has 0 bridgehead atoms. The smallest absolute Gasteiger partial charge is 0.251 e. The summed E-state index contributed by atoms with van der Waals surface area (Å²) in [6, 6.07) is 14.6. The van der Waals surface area contributed by atoms with Crippen LogP contribution in [0.15, 0.2) is 48.5 Å². The van der Waals surface area contributed by atoms with E-state index in [4.69, 9.17) is 4.74 Å². The molecule has 0 saturated heterocycles. The third-order valence-electron chi connectivity index (χ3n) is 3.71. The molecule has 0 fully saturated rings. The average Bonchev–Trinajstić information content (AvgIpc) is 2.59. The van der Waals surface area contributed by atoms with Gasteiger partial charge in [-0.3, -0.25) is 9.59 Å². The average molecular weight is 310 g/mol. The fourth-order valence-electron chi connectivity index (χ4n) is 2.53. The van der Waals surface area contributed by atoms with Crippen LogP contribution in [-0.2, 0) is 4.79 Å². The van der Waals surface area contributed by atoms with Gasteiger partial charge >= 0.3 is 0 Å². The van der Waals surface area contributed by atoms with Gasteiger partial charge in [-0.05, 0) is 36.8 Å². The van der Waals surface area contributed by atoms with Gasteiger partial charge < -0.3 is 15.0 Å². The first-order valence-electron chi connectivity index (χ1n) is 7.52. The van der Waals surface area contributed by atoms with Gasteiger partial charge in [0.1, 0.15) is 12.4 Å². The van der Waals surface area contributed by atoms with E-state index in [9.17, 15) is 9.59 Å². The van der Waals surface area contributed by atoms with Gasteiger partial charge in [-0.15, -0.1) is 0 Å². The molecule has 3 rings (SSSR count). The number of hydrogen-bond acceptors (Lipinski definition) is 3. The predicted molar refractivity (Wildman–Crippen MR) is 87.8 cm³/mol. The largest absolute Gasteiger partial charge is 0.490 e. The van der Waals surface area contributed by atoms with Crippen molar-refractivity contribution in [2.45, 2.75) is 6.92 Å². The lowest BCUT2D eigenvalue weighted by Gasteiger charge is -2.30. The Morgan fingerprint density at radius 3 is 2.74 bits per heavy atom. The molecule has 1 aliphatic heterocycles. The minimum atomic E-state index is -0.253. The zero-order chi connectivity index (χ0) is 16.2. The summed E-state index contributed by atoms with van der Waals surface area (Å²) in [4.78, 5) is 26.2. The standard InChI is InChI=1S/C18H18N2O3/c1-13-7-8-16-15(11-13)20(9-10-23-16)17(21)12-19-18(22)14-5-3-2-4-6-14/h2-8,11H,9-10,12H2,1H3,(H,19,22). The van der Waals surface area contributed by atoms with Crippen molar-refractivity contribution in [1.29, 1.82) is 0 Å². The van der Waals surface area contributed by atoms with Gasteiger partial charge in [0.05, 0.1) is 18.8 Å². The van der Waals surface area contributed by atoms with Crippen LogP contribution in [0.25, 0.3) is 0 Å². The minimum absolute atomic E-state index is 0.0406. The second kappa shape index (κ2) is 6.52. The molecular weight excluding hydrogens is 292 g/mol. The summed E-state index contributed by atoms with van der Waals surface area (Å²) in [6.45, 7) is 2.86. The maximum absolute atomic E-state index is 12.5. The van der Waals surface area contributed by atoms with Crippen LogP contribution >= 0.6 is 0 Å². The van der Waals surface area contributed by atoms with E-state index in [0.717, 1.165) is 11.3 Å². The highest BCUT2D eigenvalue weighted by Gasteiger charge is 2.24. The lowest BCUT2D eigenvalue weighted by Crippen LogP contribution is -2.44. The van der Waals surface area contributed by atoms with Crippen LogP contribution in [0.1, 0.15) is 15.9 Å². The first-order chi connectivity index (χ1) is 11.1. The number of fused-ring (bicyclic) bond motifs is 1. The molecule has 0 unspecified atom stereocenters. The highest BCUT2D eigenvalue weighted by Crippen LogP contribution is 2.32. The Kier molecular flexibility index (Phi) is 4.28. The second-order valence-electron chi connectivity index (χ2n) is 5.41. The van der Waals surface area contributed by atoms with E-state index in [1.165, 1.54) is 0 Å². The Balaban J connectivity index is 1.68. The maximum atomic E-state index is 12.5. The monoisotopic (exact) mass is 310 g/mol. The molecule has 0 aromatic heterocycles. The quantitative estimate of drug-likeness (QED) is 0.945. The minimum Gasteiger partial charge on any atom is -0.490 e. The van der Waals surface area contributed by atoms with Crippen molar-refractivity contribution in [3.05, 3.63) is 59.7 Å². The molecule has 0 aliphatic carbocycles. The Morgan fingerprint density at radius 1 is 1.17 bits per heavy atom. The van der Waals surface area contributed by atoms with E-state index < -0.39 is 0 Å². The van der Waals surface area contributed by atoms with Gasteiger partial charge in [-0.25, -0.2) is 0 Å². The van der Waals surface area contributed by atoms with Crippen molar-refractivity contribution in [3.8, 4) is 5.75 Å². The molecule has 1 aliphatic rings. The Morgan fingerprint density at radius 2 is 1.96 bits per heavy atom. The third kappa shape index (κ3) is 3.34. The number of benzene rings is 2. The van der Waals surface area contributed by atoms with Crippen LogP contribution in [0, 0.1) is 6.92 Å². The topological polar surface area (TPSA) is 58.6 Å². The molecule has 1 N–H and O–H groups in total. The van der Waals surface area contributed by atoms with Crippen LogP contribution < -0.4 is 15.0 Å². The molecule has 0 atom stereocenters. The second-order valence-corrected chi connectivity index (χ2v) is 5.41. The zero-order valence-electron chi connectivity index (χ0n) is 12.9. The van der Waals surface area contributed by atoms with Crippen molar-refractivity contribution >= 4 is 17.5 Å². The Bertz CT molecular complexity index is 728. The maximum Gasteiger partial charge on any atom is 0.251 e. The van der Waals surface area contributed by atoms with Crippen molar-refractivity contribution in [3.63, 3.8) is 0 Å². The highest BCUT2D eigenvalue weighted by atomic mass is 16.5. The van der Waals surface area contributed by atoms with Gasteiger partial charge in [-0.2, -0.15) is 0 Å². The fourth-order valence-corrected chi connectivity index (χ4v) is 2.53. The number of amides is 2. The summed E-state index contributed by atoms with van der Waals surface area (Å²) in [5, 5.41) is 2.67. The van der Waals surface area contributed by atoms with Crippen LogP contribution in [0.3, 0.4) is 0 Å². The first kappa shape index (κ1) is 15.1. The molecule has 1 heterocycles. The van der Waals surface area contributed by atoms with Crippen molar-refractivity contribution in [2.24, 2.45) is 0 Å². The van der Waals surface area contributed by atoms with Crippen LogP contribution in [-0.4, -0.2) is 31.5 Å². The predicted octanol–water partition coefficient (Wildman–Crippen LogP) is 2.15. The molecule has 2 aromatic carbocycles. The normalized spacial score (nSPS) is 13.0. The Labute approximate surface area is 134 Å². The molecular formula is C18H18N2O3. The van der Waals surface area contributed by atoms with E-state index >= 15 is 0 Å². The van der Waals surface area contributed by atoms with Crippen LogP contribution in [0.5, 0.6) is 5.75 Å². The van der Waals surface area contributed by atoms with Gasteiger partial charge in [0.25, 0.3) is 5.91 Å². The Hall–Kier alpha value is -2.82. The molecule has 0 spiro atoms. The van der Waals surface area contributed by atoms with Gasteiger partial charge in [0, 0.05) is 5.56 Å². The van der Waals surface area contributed by atoms with Crippen molar-refractivity contribution in [2.75, 3.05) is 24.6 Å². The molecule has 118 valence electrons. The summed E-state index contributed by atoms with van der Waals surface area (Å²) < 4.78 is 5.57. The number of rotatable bonds is 3. The van der Waals surface area contributed by atoms with Gasteiger partial charge in [0.15, 0.2) is 0 Å². The molecule has 5 heteroatoms. The first-order valence-corrected chi connectivity index (χ1v) is 7.52. The van der Waals surface area contributed by atoms with Crippen molar-refractivity contribution in [1.82, 2.24) is 5.32 Å². The summed E-state index contributed by atoms with van der Waals surface area (Å²) in [5.74, 6) is 0.297. The zero-order valence-corrected chi connectivity index (χ0v) is 12.9. The van der Waals surface area contributed by atoms with Crippen molar-refractivity contribution < 1.29 is 14.3 Å². The number of aryl methyl sites for hydroxylation is 1. The number of carbonyl (C=O) groups is 2. The fraction of sp³-hybridized carbons (Fsp3) is 0.222. The van der Waals surface area contributed by atoms with Crippen LogP contribution in [0.2, 0.25) is 0 Å². The number of ether oxygens (including phenoxy) is 1. The van der Waals surface area contributed by atoms with E-state index in [2.05, 4.69) is 5.32 Å². The lowest BCUT2D eigenvalue weighted by molar-refractivity contribution is -0.117. The number of hydrogen-bond donors (Lipinski definition) is 1. The summed E-state index contributed by atoms with van der Waals surface area (Å²) >= 11 is 0. The number of nitrogens with one attached hydrogen (secondary N) is 1. The molecule has 5 nitrogen and oxygen atoms in total. The summed E-state index contributed by atoms with van der Waals surface area (Å²) in [5.41, 5.74) is 2.36. The molecule has 0 saturated carbocycles. The van der Waals surface area contributed by atoms with E-state index in [1.807, 2.05) is 31.2 Å². The van der Waals surface area contributed by atoms with E-state index in [-0.39, 0.29) is 18.4 Å². The molecule has 0 radical (unpaired) electrons. The molecule has 2 aromatic rings. The van der Waals surface area contributed by atoms with E-state index in [1.54, 1.807) is 29.2 Å². The number of carbonyl (C=O) groups excluding carboxylic acids is 2. The summed E-state index contributed by atoms with van der Waals surface area (Å²) in [6.07, 6.45) is 0. The third-order valence-corrected chi connectivity index (χ3v) is 3.71.